The van der Waals surface area contributed by atoms with Gasteiger partial charge in [0.2, 0.25) is 0 Å². The lowest BCUT2D eigenvalue weighted by molar-refractivity contribution is 0.281. The molecule has 0 aliphatic heterocycles. The lowest BCUT2D eigenvalue weighted by atomic mass is 9.84. The highest BCUT2D eigenvalue weighted by molar-refractivity contribution is 5.14. The Morgan fingerprint density at radius 3 is 2.56 bits per heavy atom. The maximum Gasteiger partial charge on any atom is 0.00669 e. The summed E-state index contributed by atoms with van der Waals surface area (Å²) in [4.78, 5) is 0. The van der Waals surface area contributed by atoms with Gasteiger partial charge in [-0.1, -0.05) is 49.6 Å². The fourth-order valence-electron chi connectivity index (χ4n) is 3.07. The van der Waals surface area contributed by atoms with Gasteiger partial charge in [0, 0.05) is 6.04 Å². The molecule has 1 nitrogen and oxygen atoms in total. The van der Waals surface area contributed by atoms with E-state index >= 15 is 0 Å². The van der Waals surface area contributed by atoms with Crippen molar-refractivity contribution in [2.24, 2.45) is 5.92 Å². The molecule has 1 aromatic carbocycles. The van der Waals surface area contributed by atoms with Crippen molar-refractivity contribution in [3.63, 3.8) is 0 Å². The smallest absolute Gasteiger partial charge is 0.00669 e. The first-order chi connectivity index (χ1) is 8.86. The van der Waals surface area contributed by atoms with E-state index in [9.17, 15) is 0 Å². The Labute approximate surface area is 112 Å². The Morgan fingerprint density at radius 2 is 1.83 bits per heavy atom. The minimum Gasteiger partial charge on any atom is -0.314 e. The molecule has 0 radical (unpaired) electrons. The number of aryl methyl sites for hydroxylation is 1. The largest absolute Gasteiger partial charge is 0.314 e. The molecule has 1 aliphatic rings. The number of hydrogen-bond acceptors (Lipinski definition) is 1. The van der Waals surface area contributed by atoms with Gasteiger partial charge in [0.05, 0.1) is 0 Å². The standard InChI is InChI=1S/C17H27N/c1-15(17-12-6-3-7-13-17)18-14-8-11-16-9-4-2-5-10-16/h2,4-5,9-10,15,17-18H,3,6-8,11-14H2,1H3. The van der Waals surface area contributed by atoms with Crippen LogP contribution in [0.1, 0.15) is 51.0 Å². The molecule has 0 bridgehead atoms. The summed E-state index contributed by atoms with van der Waals surface area (Å²) >= 11 is 0. The minimum atomic E-state index is 0.709. The van der Waals surface area contributed by atoms with Crippen LogP contribution < -0.4 is 5.32 Å². The molecule has 100 valence electrons. The summed E-state index contributed by atoms with van der Waals surface area (Å²) in [5.41, 5.74) is 1.46. The molecule has 1 saturated carbocycles. The van der Waals surface area contributed by atoms with Gasteiger partial charge in [-0.25, -0.2) is 0 Å². The normalized spacial score (nSPS) is 18.7. The molecule has 0 aromatic heterocycles. The van der Waals surface area contributed by atoms with Crippen molar-refractivity contribution in [1.82, 2.24) is 5.32 Å². The number of benzene rings is 1. The number of rotatable bonds is 6. The third kappa shape index (κ3) is 4.45. The molecule has 0 saturated heterocycles. The van der Waals surface area contributed by atoms with Crippen LogP contribution >= 0.6 is 0 Å². The molecule has 1 atom stereocenters. The second-order valence-electron chi connectivity index (χ2n) is 5.73. The summed E-state index contributed by atoms with van der Waals surface area (Å²) in [6.07, 6.45) is 9.67. The second kappa shape index (κ2) is 7.58. The summed E-state index contributed by atoms with van der Waals surface area (Å²) in [6, 6.07) is 11.5. The van der Waals surface area contributed by atoms with Crippen molar-refractivity contribution >= 4 is 0 Å². The molecular weight excluding hydrogens is 218 g/mol. The molecule has 0 heterocycles. The Balaban J connectivity index is 1.60. The predicted molar refractivity (Wildman–Crippen MR) is 78.8 cm³/mol. The van der Waals surface area contributed by atoms with Gasteiger partial charge >= 0.3 is 0 Å². The Morgan fingerprint density at radius 1 is 1.11 bits per heavy atom. The fraction of sp³-hybridized carbons (Fsp3) is 0.647. The van der Waals surface area contributed by atoms with Crippen molar-refractivity contribution in [2.75, 3.05) is 6.54 Å². The first-order valence-corrected chi connectivity index (χ1v) is 7.63. The highest BCUT2D eigenvalue weighted by Crippen LogP contribution is 2.26. The predicted octanol–water partition coefficient (Wildman–Crippen LogP) is 4.18. The van der Waals surface area contributed by atoms with E-state index in [4.69, 9.17) is 0 Å². The zero-order valence-electron chi connectivity index (χ0n) is 11.7. The van der Waals surface area contributed by atoms with Gasteiger partial charge in [0.1, 0.15) is 0 Å². The highest BCUT2D eigenvalue weighted by Gasteiger charge is 2.18. The zero-order valence-corrected chi connectivity index (χ0v) is 11.7. The molecule has 1 heteroatoms. The number of hydrogen-bond donors (Lipinski definition) is 1. The fourth-order valence-corrected chi connectivity index (χ4v) is 3.07. The summed E-state index contributed by atoms with van der Waals surface area (Å²) in [5.74, 6) is 0.926. The first-order valence-electron chi connectivity index (χ1n) is 7.63. The lowest BCUT2D eigenvalue weighted by Crippen LogP contribution is -2.35. The van der Waals surface area contributed by atoms with Crippen LogP contribution in [0, 0.1) is 5.92 Å². The van der Waals surface area contributed by atoms with Gasteiger partial charge < -0.3 is 5.32 Å². The molecule has 18 heavy (non-hydrogen) atoms. The van der Waals surface area contributed by atoms with Gasteiger partial charge in [0.15, 0.2) is 0 Å². The Bertz CT molecular complexity index is 314. The lowest BCUT2D eigenvalue weighted by Gasteiger charge is -2.28. The van der Waals surface area contributed by atoms with Gasteiger partial charge in [-0.15, -0.1) is 0 Å². The second-order valence-corrected chi connectivity index (χ2v) is 5.73. The van der Waals surface area contributed by atoms with Gasteiger partial charge in [-0.3, -0.25) is 0 Å². The van der Waals surface area contributed by atoms with Gasteiger partial charge in [0.25, 0.3) is 0 Å². The molecule has 1 unspecified atom stereocenters. The summed E-state index contributed by atoms with van der Waals surface area (Å²) in [6.45, 7) is 3.53. The summed E-state index contributed by atoms with van der Waals surface area (Å²) in [7, 11) is 0. The monoisotopic (exact) mass is 245 g/mol. The maximum atomic E-state index is 3.72. The average molecular weight is 245 g/mol. The van der Waals surface area contributed by atoms with E-state index in [1.807, 2.05) is 0 Å². The third-order valence-corrected chi connectivity index (χ3v) is 4.31. The summed E-state index contributed by atoms with van der Waals surface area (Å²) < 4.78 is 0. The van der Waals surface area contributed by atoms with Crippen molar-refractivity contribution in [3.8, 4) is 0 Å². The topological polar surface area (TPSA) is 12.0 Å². The van der Waals surface area contributed by atoms with Crippen LogP contribution in [0.15, 0.2) is 30.3 Å². The quantitative estimate of drug-likeness (QED) is 0.741. The maximum absolute atomic E-state index is 3.72. The molecular formula is C17H27N. The van der Waals surface area contributed by atoms with E-state index in [-0.39, 0.29) is 0 Å². The van der Waals surface area contributed by atoms with Crippen molar-refractivity contribution in [3.05, 3.63) is 35.9 Å². The zero-order chi connectivity index (χ0) is 12.6. The molecule has 1 N–H and O–H groups in total. The SMILES string of the molecule is CC(NCCCc1ccccc1)C1CCCCC1. The van der Waals surface area contributed by atoms with Crippen molar-refractivity contribution < 1.29 is 0 Å². The van der Waals surface area contributed by atoms with Crippen LogP contribution in [-0.4, -0.2) is 12.6 Å². The molecule has 0 spiro atoms. The van der Waals surface area contributed by atoms with Crippen LogP contribution in [0.2, 0.25) is 0 Å². The number of nitrogens with one attached hydrogen (secondary N) is 1. The van der Waals surface area contributed by atoms with Crippen LogP contribution in [0.25, 0.3) is 0 Å². The highest BCUT2D eigenvalue weighted by atomic mass is 14.9. The van der Waals surface area contributed by atoms with E-state index in [0.717, 1.165) is 12.5 Å². The molecule has 0 amide bonds. The van der Waals surface area contributed by atoms with Crippen molar-refractivity contribution in [2.45, 2.75) is 57.9 Å². The Kier molecular flexibility index (Phi) is 5.73. The van der Waals surface area contributed by atoms with Gasteiger partial charge in [-0.2, -0.15) is 0 Å². The van der Waals surface area contributed by atoms with Crippen molar-refractivity contribution in [1.29, 1.82) is 0 Å². The molecule has 1 aliphatic carbocycles. The Hall–Kier alpha value is -0.820. The minimum absolute atomic E-state index is 0.709. The van der Waals surface area contributed by atoms with E-state index in [1.54, 1.807) is 0 Å². The van der Waals surface area contributed by atoms with E-state index in [0.29, 0.717) is 6.04 Å². The van der Waals surface area contributed by atoms with E-state index in [1.165, 1.54) is 50.5 Å². The van der Waals surface area contributed by atoms with Crippen LogP contribution in [0.4, 0.5) is 0 Å². The van der Waals surface area contributed by atoms with E-state index < -0.39 is 0 Å². The van der Waals surface area contributed by atoms with Crippen LogP contribution in [0.3, 0.4) is 0 Å². The van der Waals surface area contributed by atoms with Crippen LogP contribution in [0.5, 0.6) is 0 Å². The van der Waals surface area contributed by atoms with Gasteiger partial charge in [-0.05, 0) is 50.6 Å². The molecule has 1 aromatic rings. The van der Waals surface area contributed by atoms with E-state index in [2.05, 4.69) is 42.6 Å². The third-order valence-electron chi connectivity index (χ3n) is 4.31. The molecule has 1 fully saturated rings. The molecule has 2 rings (SSSR count). The first kappa shape index (κ1) is 13.6. The average Bonchev–Trinajstić information content (AvgIpc) is 2.45. The van der Waals surface area contributed by atoms with Crippen LogP contribution in [-0.2, 0) is 6.42 Å². The summed E-state index contributed by atoms with van der Waals surface area (Å²) in [5, 5.41) is 3.72.